The number of benzene rings is 2. The minimum Gasteiger partial charge on any atom is -0.497 e. The molecule has 2 aromatic rings. The van der Waals surface area contributed by atoms with Crippen molar-refractivity contribution < 1.29 is 19.1 Å². The van der Waals surface area contributed by atoms with Crippen molar-refractivity contribution in [2.45, 2.75) is 39.7 Å². The molecule has 0 aromatic heterocycles. The van der Waals surface area contributed by atoms with Crippen LogP contribution in [0, 0.1) is 5.92 Å². The zero-order valence-electron chi connectivity index (χ0n) is 19.1. The second-order valence-electron chi connectivity index (χ2n) is 8.73. The van der Waals surface area contributed by atoms with Crippen molar-refractivity contribution in [3.63, 3.8) is 0 Å². The van der Waals surface area contributed by atoms with E-state index in [1.807, 2.05) is 38.1 Å². The van der Waals surface area contributed by atoms with Gasteiger partial charge in [0.2, 0.25) is 0 Å². The third-order valence-corrected chi connectivity index (χ3v) is 6.00. The van der Waals surface area contributed by atoms with Gasteiger partial charge in [0.05, 0.1) is 24.5 Å². The van der Waals surface area contributed by atoms with E-state index < -0.39 is 0 Å². The lowest BCUT2D eigenvalue weighted by atomic mass is 9.97. The van der Waals surface area contributed by atoms with E-state index in [1.165, 1.54) is 4.90 Å². The summed E-state index contributed by atoms with van der Waals surface area (Å²) in [6.07, 6.45) is 2.07. The monoisotopic (exact) mass is 434 g/mol. The number of methoxy groups -OCH3 is 1. The van der Waals surface area contributed by atoms with Gasteiger partial charge >= 0.3 is 0 Å². The highest BCUT2D eigenvalue weighted by Crippen LogP contribution is 2.37. The Hall–Kier alpha value is -3.28. The molecule has 0 unspecified atom stereocenters. The molecule has 2 amide bonds. The first-order valence-corrected chi connectivity index (χ1v) is 11.2. The first-order valence-electron chi connectivity index (χ1n) is 11.2. The third kappa shape index (κ3) is 4.22. The lowest BCUT2D eigenvalue weighted by Gasteiger charge is -2.32. The summed E-state index contributed by atoms with van der Waals surface area (Å²) in [5, 5.41) is 0. The molecular formula is C26H30N2O4. The van der Waals surface area contributed by atoms with E-state index in [9.17, 15) is 9.59 Å². The summed E-state index contributed by atoms with van der Waals surface area (Å²) in [6.45, 7) is 7.70. The fourth-order valence-electron chi connectivity index (χ4n) is 4.24. The van der Waals surface area contributed by atoms with Gasteiger partial charge in [-0.3, -0.25) is 9.59 Å². The summed E-state index contributed by atoms with van der Waals surface area (Å²) in [7, 11) is 1.59. The van der Waals surface area contributed by atoms with Gasteiger partial charge in [0, 0.05) is 13.1 Å². The minimum absolute atomic E-state index is 0.0613. The molecule has 6 heteroatoms. The van der Waals surface area contributed by atoms with Crippen LogP contribution in [0.5, 0.6) is 11.5 Å². The number of piperidine rings is 1. The Morgan fingerprint density at radius 3 is 2.03 bits per heavy atom. The van der Waals surface area contributed by atoms with Crippen LogP contribution in [0.25, 0.3) is 5.57 Å². The Labute approximate surface area is 189 Å². The molecule has 0 bridgehead atoms. The first kappa shape index (κ1) is 21.9. The molecule has 1 fully saturated rings. The molecule has 1 saturated heterocycles. The molecule has 4 rings (SSSR count). The van der Waals surface area contributed by atoms with Crippen molar-refractivity contribution >= 4 is 23.1 Å². The molecule has 0 radical (unpaired) electrons. The number of ether oxygens (including phenoxy) is 2. The van der Waals surface area contributed by atoms with Crippen LogP contribution >= 0.6 is 0 Å². The molecule has 0 saturated carbocycles. The van der Waals surface area contributed by atoms with Crippen LogP contribution in [0.1, 0.15) is 39.2 Å². The lowest BCUT2D eigenvalue weighted by Crippen LogP contribution is -2.38. The molecule has 2 aliphatic heterocycles. The molecule has 0 N–H and O–H groups in total. The van der Waals surface area contributed by atoms with Crippen molar-refractivity contribution in [2.24, 2.45) is 5.92 Å². The molecule has 0 atom stereocenters. The van der Waals surface area contributed by atoms with Crippen molar-refractivity contribution in [3.8, 4) is 11.5 Å². The maximum absolute atomic E-state index is 13.6. The maximum Gasteiger partial charge on any atom is 0.282 e. The standard InChI is InChI=1S/C26H30N2O4/c1-17(2)32-22-9-5-19(6-10-22)23-24(27-15-13-18(3)14-16-27)26(30)28(25(23)29)20-7-11-21(31-4)12-8-20/h5-12,17-18H,13-16H2,1-4H3. The number of hydrogen-bond donors (Lipinski definition) is 0. The second kappa shape index (κ2) is 9.07. The minimum atomic E-state index is -0.300. The zero-order chi connectivity index (χ0) is 22.8. The Balaban J connectivity index is 1.74. The van der Waals surface area contributed by atoms with Gasteiger partial charge in [-0.1, -0.05) is 19.1 Å². The van der Waals surface area contributed by atoms with Crippen molar-refractivity contribution in [1.82, 2.24) is 4.90 Å². The largest absolute Gasteiger partial charge is 0.497 e. The van der Waals surface area contributed by atoms with Crippen LogP contribution in [-0.2, 0) is 9.59 Å². The number of imide groups is 1. The van der Waals surface area contributed by atoms with Gasteiger partial charge in [0.25, 0.3) is 11.8 Å². The molecule has 0 spiro atoms. The Kier molecular flexibility index (Phi) is 6.21. The van der Waals surface area contributed by atoms with Crippen LogP contribution in [0.4, 0.5) is 5.69 Å². The molecular weight excluding hydrogens is 404 g/mol. The molecule has 2 heterocycles. The van der Waals surface area contributed by atoms with Crippen molar-refractivity contribution in [3.05, 3.63) is 59.8 Å². The summed E-state index contributed by atoms with van der Waals surface area (Å²) in [6, 6.07) is 14.4. The Bertz CT molecular complexity index is 1020. The van der Waals surface area contributed by atoms with E-state index >= 15 is 0 Å². The maximum atomic E-state index is 13.6. The predicted octanol–water partition coefficient (Wildman–Crippen LogP) is 4.50. The highest BCUT2D eigenvalue weighted by atomic mass is 16.5. The van der Waals surface area contributed by atoms with E-state index in [0.717, 1.165) is 37.2 Å². The number of amides is 2. The lowest BCUT2D eigenvalue weighted by molar-refractivity contribution is -0.120. The number of hydrogen-bond acceptors (Lipinski definition) is 5. The average molecular weight is 435 g/mol. The second-order valence-corrected chi connectivity index (χ2v) is 8.73. The van der Waals surface area contributed by atoms with Gasteiger partial charge in [-0.2, -0.15) is 0 Å². The van der Waals surface area contributed by atoms with Gasteiger partial charge in [-0.25, -0.2) is 4.90 Å². The van der Waals surface area contributed by atoms with Crippen molar-refractivity contribution in [1.29, 1.82) is 0 Å². The highest BCUT2D eigenvalue weighted by molar-refractivity contribution is 6.45. The van der Waals surface area contributed by atoms with E-state index in [0.29, 0.717) is 28.6 Å². The fraction of sp³-hybridized carbons (Fsp3) is 0.385. The smallest absolute Gasteiger partial charge is 0.282 e. The number of rotatable bonds is 6. The number of carbonyl (C=O) groups is 2. The van der Waals surface area contributed by atoms with Gasteiger partial charge in [0.1, 0.15) is 17.2 Å². The number of nitrogens with zero attached hydrogens (tertiary/aromatic N) is 2. The highest BCUT2D eigenvalue weighted by Gasteiger charge is 2.43. The topological polar surface area (TPSA) is 59.1 Å². The summed E-state index contributed by atoms with van der Waals surface area (Å²) in [5.74, 6) is 1.46. The third-order valence-electron chi connectivity index (χ3n) is 6.00. The summed E-state index contributed by atoms with van der Waals surface area (Å²) >= 11 is 0. The average Bonchev–Trinajstić information content (AvgIpc) is 3.04. The normalized spacial score (nSPS) is 17.5. The summed E-state index contributed by atoms with van der Waals surface area (Å²) in [4.78, 5) is 30.6. The van der Waals surface area contributed by atoms with Crippen LogP contribution in [-0.4, -0.2) is 43.0 Å². The number of likely N-dealkylation sites (tertiary alicyclic amines) is 1. The van der Waals surface area contributed by atoms with Crippen molar-refractivity contribution in [2.75, 3.05) is 25.1 Å². The number of anilines is 1. The Morgan fingerprint density at radius 1 is 0.875 bits per heavy atom. The zero-order valence-corrected chi connectivity index (χ0v) is 19.1. The van der Waals surface area contributed by atoms with Gasteiger partial charge in [-0.05, 0) is 74.6 Å². The van der Waals surface area contributed by atoms with E-state index in [4.69, 9.17) is 9.47 Å². The fourth-order valence-corrected chi connectivity index (χ4v) is 4.24. The van der Waals surface area contributed by atoms with Crippen LogP contribution in [0.2, 0.25) is 0 Å². The van der Waals surface area contributed by atoms with E-state index in [-0.39, 0.29) is 17.9 Å². The van der Waals surface area contributed by atoms with Gasteiger partial charge in [0.15, 0.2) is 0 Å². The molecule has 32 heavy (non-hydrogen) atoms. The summed E-state index contributed by atoms with van der Waals surface area (Å²) < 4.78 is 11.0. The molecule has 2 aromatic carbocycles. The molecule has 6 nitrogen and oxygen atoms in total. The van der Waals surface area contributed by atoms with Gasteiger partial charge < -0.3 is 14.4 Å². The van der Waals surface area contributed by atoms with Crippen LogP contribution in [0.15, 0.2) is 54.2 Å². The van der Waals surface area contributed by atoms with E-state index in [2.05, 4.69) is 11.8 Å². The van der Waals surface area contributed by atoms with Crippen LogP contribution in [0.3, 0.4) is 0 Å². The number of carbonyl (C=O) groups excluding carboxylic acids is 2. The quantitative estimate of drug-likeness (QED) is 0.627. The molecule has 0 aliphatic carbocycles. The summed E-state index contributed by atoms with van der Waals surface area (Å²) in [5.41, 5.74) is 2.22. The SMILES string of the molecule is COc1ccc(N2C(=O)C(c3ccc(OC(C)C)cc3)=C(N3CCC(C)CC3)C2=O)cc1. The first-order chi connectivity index (χ1) is 15.4. The predicted molar refractivity (Wildman–Crippen MR) is 125 cm³/mol. The van der Waals surface area contributed by atoms with Crippen LogP contribution < -0.4 is 14.4 Å². The van der Waals surface area contributed by atoms with Gasteiger partial charge in [-0.15, -0.1) is 0 Å². The molecule has 2 aliphatic rings. The Morgan fingerprint density at radius 2 is 1.47 bits per heavy atom. The van der Waals surface area contributed by atoms with E-state index in [1.54, 1.807) is 31.4 Å². The molecule has 168 valence electrons.